The lowest BCUT2D eigenvalue weighted by Crippen LogP contribution is -1.96. The Hall–Kier alpha value is -1.54. The van der Waals surface area contributed by atoms with Crippen LogP contribution in [-0.2, 0) is 5.75 Å². The maximum absolute atomic E-state index is 13.7. The highest BCUT2D eigenvalue weighted by molar-refractivity contribution is 8.00. The van der Waals surface area contributed by atoms with Gasteiger partial charge < -0.3 is 0 Å². The first kappa shape index (κ1) is 12.9. The second-order valence-electron chi connectivity index (χ2n) is 3.38. The van der Waals surface area contributed by atoms with Gasteiger partial charge in [0.05, 0.1) is 4.92 Å². The molecule has 0 aliphatic rings. The van der Waals surface area contributed by atoms with E-state index < -0.39 is 16.4 Å². The Morgan fingerprint density at radius 1 is 1.50 bits per heavy atom. The van der Waals surface area contributed by atoms with Crippen molar-refractivity contribution < 1.29 is 9.31 Å². The molecule has 0 N–H and O–H groups in total. The number of thioether (sulfide) groups is 1. The van der Waals surface area contributed by atoms with Gasteiger partial charge in [-0.1, -0.05) is 35.2 Å². The largest absolute Gasteiger partial charge is 0.305 e. The van der Waals surface area contributed by atoms with Crippen molar-refractivity contribution in [2.75, 3.05) is 0 Å². The molecule has 18 heavy (non-hydrogen) atoms. The van der Waals surface area contributed by atoms with Crippen molar-refractivity contribution in [1.82, 2.24) is 10.2 Å². The third-order valence-electron chi connectivity index (χ3n) is 2.11. The average molecular weight is 285 g/mol. The highest BCUT2D eigenvalue weighted by Gasteiger charge is 2.17. The van der Waals surface area contributed by atoms with Gasteiger partial charge in [-0.2, -0.15) is 4.39 Å². The third-order valence-corrected chi connectivity index (χ3v) is 4.13. The molecule has 94 valence electrons. The lowest BCUT2D eigenvalue weighted by molar-refractivity contribution is -0.387. The van der Waals surface area contributed by atoms with Crippen molar-refractivity contribution >= 4 is 28.8 Å². The van der Waals surface area contributed by atoms with E-state index in [0.29, 0.717) is 11.3 Å². The number of benzene rings is 1. The first-order chi connectivity index (χ1) is 8.58. The Morgan fingerprint density at radius 3 is 2.89 bits per heavy atom. The molecular formula is C10H8FN3O2S2. The van der Waals surface area contributed by atoms with Crippen LogP contribution in [0.2, 0.25) is 0 Å². The molecule has 1 heterocycles. The zero-order valence-electron chi connectivity index (χ0n) is 9.29. The number of aromatic nitrogens is 2. The zero-order valence-corrected chi connectivity index (χ0v) is 10.9. The van der Waals surface area contributed by atoms with Crippen molar-refractivity contribution in [3.05, 3.63) is 44.7 Å². The van der Waals surface area contributed by atoms with E-state index in [0.717, 1.165) is 15.4 Å². The maximum atomic E-state index is 13.7. The molecule has 2 rings (SSSR count). The molecule has 8 heteroatoms. The molecule has 0 radical (unpaired) electrons. The predicted octanol–water partition coefficient (Wildman–Crippen LogP) is 3.19. The van der Waals surface area contributed by atoms with Gasteiger partial charge in [0.15, 0.2) is 4.34 Å². The number of nitro groups is 1. The quantitative estimate of drug-likeness (QED) is 0.490. The van der Waals surface area contributed by atoms with Gasteiger partial charge in [-0.15, -0.1) is 10.2 Å². The summed E-state index contributed by atoms with van der Waals surface area (Å²) in [6.07, 6.45) is 0. The van der Waals surface area contributed by atoms with E-state index in [9.17, 15) is 14.5 Å². The SMILES string of the molecule is Cc1nnc(SCc2cccc([N+](=O)[O-])c2F)s1. The molecule has 0 aliphatic carbocycles. The topological polar surface area (TPSA) is 68.9 Å². The molecule has 0 atom stereocenters. The van der Waals surface area contributed by atoms with Gasteiger partial charge in [-0.25, -0.2) is 0 Å². The van der Waals surface area contributed by atoms with E-state index >= 15 is 0 Å². The molecule has 0 saturated carbocycles. The highest BCUT2D eigenvalue weighted by atomic mass is 32.2. The Morgan fingerprint density at radius 2 is 2.28 bits per heavy atom. The number of hydrogen-bond acceptors (Lipinski definition) is 6. The Bertz CT molecular complexity index is 588. The van der Waals surface area contributed by atoms with Gasteiger partial charge in [0.25, 0.3) is 0 Å². The molecule has 0 amide bonds. The van der Waals surface area contributed by atoms with Crippen LogP contribution in [-0.4, -0.2) is 15.1 Å². The van der Waals surface area contributed by atoms with E-state index in [-0.39, 0.29) is 0 Å². The van der Waals surface area contributed by atoms with Gasteiger partial charge in [0.1, 0.15) is 5.01 Å². The third kappa shape index (κ3) is 2.82. The van der Waals surface area contributed by atoms with Gasteiger partial charge in [0, 0.05) is 17.4 Å². The van der Waals surface area contributed by atoms with Crippen molar-refractivity contribution in [1.29, 1.82) is 0 Å². The number of nitrogens with zero attached hydrogens (tertiary/aromatic N) is 3. The molecule has 0 saturated heterocycles. The van der Waals surface area contributed by atoms with Gasteiger partial charge in [0.2, 0.25) is 5.82 Å². The number of aryl methyl sites for hydroxylation is 1. The summed E-state index contributed by atoms with van der Waals surface area (Å²) in [5.74, 6) is -0.487. The molecule has 1 aromatic carbocycles. The predicted molar refractivity (Wildman–Crippen MR) is 67.3 cm³/mol. The van der Waals surface area contributed by atoms with E-state index in [1.54, 1.807) is 0 Å². The second-order valence-corrected chi connectivity index (χ2v) is 5.79. The molecule has 0 fully saturated rings. The van der Waals surface area contributed by atoms with Crippen LogP contribution >= 0.6 is 23.1 Å². The minimum Gasteiger partial charge on any atom is -0.258 e. The summed E-state index contributed by atoms with van der Waals surface area (Å²) in [5, 5.41) is 19.2. The highest BCUT2D eigenvalue weighted by Crippen LogP contribution is 2.29. The smallest absolute Gasteiger partial charge is 0.258 e. The molecule has 1 aromatic heterocycles. The summed E-state index contributed by atoms with van der Waals surface area (Å²) in [5.41, 5.74) is -0.205. The van der Waals surface area contributed by atoms with Crippen LogP contribution in [0.1, 0.15) is 10.6 Å². The van der Waals surface area contributed by atoms with Crippen LogP contribution in [0.3, 0.4) is 0 Å². The minimum atomic E-state index is -0.781. The van der Waals surface area contributed by atoms with E-state index in [2.05, 4.69) is 10.2 Å². The number of hydrogen-bond donors (Lipinski definition) is 0. The van der Waals surface area contributed by atoms with E-state index in [1.807, 2.05) is 6.92 Å². The fourth-order valence-electron chi connectivity index (χ4n) is 1.29. The standard InChI is InChI=1S/C10H8FN3O2S2/c1-6-12-13-10(18-6)17-5-7-3-2-4-8(9(7)11)14(15)16/h2-4H,5H2,1H3. The lowest BCUT2D eigenvalue weighted by Gasteiger charge is -2.01. The van der Waals surface area contributed by atoms with Crippen LogP contribution < -0.4 is 0 Å². The van der Waals surface area contributed by atoms with Gasteiger partial charge in [-0.3, -0.25) is 10.1 Å². The molecule has 0 spiro atoms. The van der Waals surface area contributed by atoms with E-state index in [1.165, 1.54) is 35.2 Å². The fourth-order valence-corrected chi connectivity index (χ4v) is 3.09. The Labute approximate surface area is 110 Å². The Balaban J connectivity index is 2.14. The van der Waals surface area contributed by atoms with Crippen molar-refractivity contribution in [2.24, 2.45) is 0 Å². The van der Waals surface area contributed by atoms with Crippen LogP contribution in [0.4, 0.5) is 10.1 Å². The lowest BCUT2D eigenvalue weighted by atomic mass is 10.2. The summed E-state index contributed by atoms with van der Waals surface area (Å²) in [7, 11) is 0. The minimum absolute atomic E-state index is 0.294. The van der Waals surface area contributed by atoms with E-state index in [4.69, 9.17) is 0 Å². The number of nitro benzene ring substituents is 1. The summed E-state index contributed by atoms with van der Waals surface area (Å²) in [6.45, 7) is 1.83. The second kappa shape index (κ2) is 5.40. The first-order valence-electron chi connectivity index (χ1n) is 4.92. The van der Waals surface area contributed by atoms with Crippen LogP contribution in [0.5, 0.6) is 0 Å². The molecule has 0 aliphatic heterocycles. The van der Waals surface area contributed by atoms with Crippen LogP contribution in [0.25, 0.3) is 0 Å². The normalized spacial score (nSPS) is 10.6. The maximum Gasteiger partial charge on any atom is 0.305 e. The van der Waals surface area contributed by atoms with Crippen LogP contribution in [0, 0.1) is 22.9 Å². The summed E-state index contributed by atoms with van der Waals surface area (Å²) in [4.78, 5) is 9.87. The van der Waals surface area contributed by atoms with Gasteiger partial charge >= 0.3 is 5.69 Å². The summed E-state index contributed by atoms with van der Waals surface area (Å²) < 4.78 is 14.5. The molecule has 2 aromatic rings. The van der Waals surface area contributed by atoms with Gasteiger partial charge in [-0.05, 0) is 6.92 Å². The fraction of sp³-hybridized carbons (Fsp3) is 0.200. The van der Waals surface area contributed by atoms with Crippen molar-refractivity contribution in [2.45, 2.75) is 17.0 Å². The summed E-state index contributed by atoms with van der Waals surface area (Å²) >= 11 is 2.72. The van der Waals surface area contributed by atoms with Crippen molar-refractivity contribution in [3.63, 3.8) is 0 Å². The number of halogens is 1. The molecule has 0 bridgehead atoms. The number of rotatable bonds is 4. The monoisotopic (exact) mass is 285 g/mol. The Kier molecular flexibility index (Phi) is 3.87. The summed E-state index contributed by atoms with van der Waals surface area (Å²) in [6, 6.07) is 4.16. The average Bonchev–Trinajstić information content (AvgIpc) is 2.73. The molecular weight excluding hydrogens is 277 g/mol. The van der Waals surface area contributed by atoms with Crippen molar-refractivity contribution in [3.8, 4) is 0 Å². The zero-order chi connectivity index (χ0) is 13.1. The van der Waals surface area contributed by atoms with Crippen LogP contribution in [0.15, 0.2) is 22.5 Å². The molecule has 5 nitrogen and oxygen atoms in total. The molecule has 0 unspecified atom stereocenters. The first-order valence-corrected chi connectivity index (χ1v) is 6.73.